The molecular formula is C7H14O5. The minimum absolute atomic E-state index is 0.292. The zero-order chi connectivity index (χ0) is 9.14. The summed E-state index contributed by atoms with van der Waals surface area (Å²) in [5.74, 6) is 0. The van der Waals surface area contributed by atoms with Crippen molar-refractivity contribution in [3.05, 3.63) is 0 Å². The molecule has 1 saturated heterocycles. The molecule has 0 amide bonds. The molecule has 1 aliphatic heterocycles. The summed E-state index contributed by atoms with van der Waals surface area (Å²) in [5, 5.41) is 36.2. The van der Waals surface area contributed by atoms with E-state index < -0.39 is 31.0 Å². The molecule has 72 valence electrons. The Morgan fingerprint density at radius 1 is 1.42 bits per heavy atom. The highest BCUT2D eigenvalue weighted by atomic mass is 16.5. The maximum Gasteiger partial charge on any atom is 0.114 e. The summed E-state index contributed by atoms with van der Waals surface area (Å²) in [4.78, 5) is 0. The molecular weight excluding hydrogens is 164 g/mol. The Balaban J connectivity index is 2.51. The van der Waals surface area contributed by atoms with Gasteiger partial charge in [-0.3, -0.25) is 0 Å². The molecule has 1 heterocycles. The van der Waals surface area contributed by atoms with Crippen LogP contribution in [0.15, 0.2) is 0 Å². The summed E-state index contributed by atoms with van der Waals surface area (Å²) in [6, 6.07) is 0. The lowest BCUT2D eigenvalue weighted by Crippen LogP contribution is -2.51. The van der Waals surface area contributed by atoms with Gasteiger partial charge >= 0.3 is 0 Å². The molecule has 0 aliphatic carbocycles. The maximum atomic E-state index is 9.29. The number of rotatable bonds is 2. The van der Waals surface area contributed by atoms with Gasteiger partial charge in [0.05, 0.1) is 12.7 Å². The quantitative estimate of drug-likeness (QED) is 0.387. The van der Waals surface area contributed by atoms with E-state index in [9.17, 15) is 5.11 Å². The third-order valence-electron chi connectivity index (χ3n) is 2.02. The predicted molar refractivity (Wildman–Crippen MR) is 39.5 cm³/mol. The van der Waals surface area contributed by atoms with Gasteiger partial charge in [-0.1, -0.05) is 0 Å². The van der Waals surface area contributed by atoms with Gasteiger partial charge in [-0.2, -0.15) is 0 Å². The van der Waals surface area contributed by atoms with Crippen LogP contribution in [0, 0.1) is 0 Å². The zero-order valence-corrected chi connectivity index (χ0v) is 6.63. The fraction of sp³-hybridized carbons (Fsp3) is 1.00. The molecule has 1 aliphatic rings. The van der Waals surface area contributed by atoms with Gasteiger partial charge < -0.3 is 25.2 Å². The Labute approximate surface area is 70.2 Å². The van der Waals surface area contributed by atoms with Crippen molar-refractivity contribution in [1.82, 2.24) is 0 Å². The van der Waals surface area contributed by atoms with Crippen LogP contribution < -0.4 is 0 Å². The second-order valence-electron chi connectivity index (χ2n) is 2.93. The summed E-state index contributed by atoms with van der Waals surface area (Å²) in [5.41, 5.74) is 0. The Hall–Kier alpha value is -0.200. The zero-order valence-electron chi connectivity index (χ0n) is 6.63. The fourth-order valence-electron chi connectivity index (χ4n) is 1.26. The first-order valence-corrected chi connectivity index (χ1v) is 3.93. The summed E-state index contributed by atoms with van der Waals surface area (Å²) in [6.07, 6.45) is -3.63. The van der Waals surface area contributed by atoms with Crippen molar-refractivity contribution in [1.29, 1.82) is 0 Å². The van der Waals surface area contributed by atoms with Crippen LogP contribution in [-0.2, 0) is 4.74 Å². The van der Waals surface area contributed by atoms with Crippen molar-refractivity contribution in [3.8, 4) is 0 Å². The van der Waals surface area contributed by atoms with E-state index in [1.807, 2.05) is 0 Å². The van der Waals surface area contributed by atoms with Crippen LogP contribution in [0.3, 0.4) is 0 Å². The summed E-state index contributed by atoms with van der Waals surface area (Å²) in [6.45, 7) is -0.186. The monoisotopic (exact) mass is 178 g/mol. The number of aliphatic hydroxyl groups is 4. The normalized spacial score (nSPS) is 39.5. The van der Waals surface area contributed by atoms with Gasteiger partial charge in [-0.25, -0.2) is 0 Å². The van der Waals surface area contributed by atoms with Crippen LogP contribution in [0.2, 0.25) is 0 Å². The molecule has 4 N–H and O–H groups in total. The smallest absolute Gasteiger partial charge is 0.114 e. The molecule has 5 heteroatoms. The molecule has 0 aromatic carbocycles. The van der Waals surface area contributed by atoms with Crippen molar-refractivity contribution < 1.29 is 25.2 Å². The van der Waals surface area contributed by atoms with Crippen LogP contribution >= 0.6 is 0 Å². The molecule has 1 rings (SSSR count). The van der Waals surface area contributed by atoms with E-state index in [1.165, 1.54) is 0 Å². The van der Waals surface area contributed by atoms with E-state index >= 15 is 0 Å². The van der Waals surface area contributed by atoms with Crippen molar-refractivity contribution >= 4 is 0 Å². The van der Waals surface area contributed by atoms with Gasteiger partial charge in [-0.05, 0) is 6.42 Å². The summed E-state index contributed by atoms with van der Waals surface area (Å²) in [7, 11) is 0. The second kappa shape index (κ2) is 4.15. The van der Waals surface area contributed by atoms with Crippen LogP contribution in [0.1, 0.15) is 6.42 Å². The van der Waals surface area contributed by atoms with Crippen molar-refractivity contribution in [3.63, 3.8) is 0 Å². The van der Waals surface area contributed by atoms with Crippen LogP contribution in [0.5, 0.6) is 0 Å². The van der Waals surface area contributed by atoms with Gasteiger partial charge in [0.1, 0.15) is 18.3 Å². The molecule has 4 atom stereocenters. The number of hydrogen-bond donors (Lipinski definition) is 4. The van der Waals surface area contributed by atoms with E-state index in [0.29, 0.717) is 13.0 Å². The maximum absolute atomic E-state index is 9.29. The van der Waals surface area contributed by atoms with Gasteiger partial charge in [0, 0.05) is 6.61 Å². The largest absolute Gasteiger partial charge is 0.394 e. The topological polar surface area (TPSA) is 90.2 Å². The first kappa shape index (κ1) is 9.88. The van der Waals surface area contributed by atoms with Crippen LogP contribution in [0.4, 0.5) is 0 Å². The van der Waals surface area contributed by atoms with E-state index in [4.69, 9.17) is 20.1 Å². The molecule has 0 aromatic heterocycles. The van der Waals surface area contributed by atoms with Gasteiger partial charge in [-0.15, -0.1) is 0 Å². The van der Waals surface area contributed by atoms with Crippen molar-refractivity contribution in [2.24, 2.45) is 0 Å². The lowest BCUT2D eigenvalue weighted by Gasteiger charge is -2.34. The van der Waals surface area contributed by atoms with Crippen LogP contribution in [0.25, 0.3) is 0 Å². The first-order valence-electron chi connectivity index (χ1n) is 3.93. The van der Waals surface area contributed by atoms with Gasteiger partial charge in [0.15, 0.2) is 0 Å². The third kappa shape index (κ3) is 1.94. The molecule has 0 spiro atoms. The van der Waals surface area contributed by atoms with E-state index in [-0.39, 0.29) is 0 Å². The SMILES string of the molecule is OCC(O)C1OCCC(O)C1O. The summed E-state index contributed by atoms with van der Waals surface area (Å²) >= 11 is 0. The van der Waals surface area contributed by atoms with E-state index in [1.54, 1.807) is 0 Å². The number of hydrogen-bond acceptors (Lipinski definition) is 5. The second-order valence-corrected chi connectivity index (χ2v) is 2.93. The standard InChI is InChI=1S/C7H14O5/c8-3-5(10)7-6(11)4(9)1-2-12-7/h4-11H,1-3H2. The van der Waals surface area contributed by atoms with Gasteiger partial charge in [0.2, 0.25) is 0 Å². The molecule has 0 bridgehead atoms. The fourth-order valence-corrected chi connectivity index (χ4v) is 1.26. The van der Waals surface area contributed by atoms with Crippen molar-refractivity contribution in [2.75, 3.05) is 13.2 Å². The predicted octanol–water partition coefficient (Wildman–Crippen LogP) is -2.15. The number of ether oxygens (including phenoxy) is 1. The van der Waals surface area contributed by atoms with Crippen molar-refractivity contribution in [2.45, 2.75) is 30.8 Å². The molecule has 0 aromatic rings. The van der Waals surface area contributed by atoms with E-state index in [2.05, 4.69) is 0 Å². The Bertz CT molecular complexity index is 140. The Morgan fingerprint density at radius 2 is 2.08 bits per heavy atom. The highest BCUT2D eigenvalue weighted by Gasteiger charge is 2.35. The highest BCUT2D eigenvalue weighted by Crippen LogP contribution is 2.17. The molecule has 4 unspecified atom stereocenters. The van der Waals surface area contributed by atoms with Gasteiger partial charge in [0.25, 0.3) is 0 Å². The molecule has 12 heavy (non-hydrogen) atoms. The molecule has 0 saturated carbocycles. The molecule has 5 nitrogen and oxygen atoms in total. The van der Waals surface area contributed by atoms with E-state index in [0.717, 1.165) is 0 Å². The van der Waals surface area contributed by atoms with Crippen LogP contribution in [-0.4, -0.2) is 58.1 Å². The average Bonchev–Trinajstić information content (AvgIpc) is 2.08. The Morgan fingerprint density at radius 3 is 2.67 bits per heavy atom. The first-order chi connectivity index (χ1) is 5.66. The lowest BCUT2D eigenvalue weighted by atomic mass is 9.99. The Kier molecular flexibility index (Phi) is 3.42. The minimum atomic E-state index is -1.13. The minimum Gasteiger partial charge on any atom is -0.394 e. The third-order valence-corrected chi connectivity index (χ3v) is 2.02. The highest BCUT2D eigenvalue weighted by molar-refractivity contribution is 4.85. The lowest BCUT2D eigenvalue weighted by molar-refractivity contribution is -0.175. The molecule has 1 fully saturated rings. The molecule has 0 radical (unpaired) electrons. The summed E-state index contributed by atoms with van der Waals surface area (Å²) < 4.78 is 4.99. The number of aliphatic hydroxyl groups excluding tert-OH is 4. The average molecular weight is 178 g/mol.